The van der Waals surface area contributed by atoms with Crippen molar-refractivity contribution in [2.75, 3.05) is 42.7 Å². The van der Waals surface area contributed by atoms with Gasteiger partial charge in [-0.15, -0.1) is 0 Å². The van der Waals surface area contributed by atoms with Gasteiger partial charge in [0.05, 0.1) is 55.3 Å². The van der Waals surface area contributed by atoms with Gasteiger partial charge < -0.3 is 38.1 Å². The van der Waals surface area contributed by atoms with E-state index in [0.717, 1.165) is 16.7 Å². The second kappa shape index (κ2) is 14.0. The van der Waals surface area contributed by atoms with E-state index in [2.05, 4.69) is 0 Å². The van der Waals surface area contributed by atoms with Gasteiger partial charge >= 0.3 is 6.09 Å². The van der Waals surface area contributed by atoms with Gasteiger partial charge in [0, 0.05) is 39.9 Å². The molecule has 0 aromatic heterocycles. The van der Waals surface area contributed by atoms with E-state index in [4.69, 9.17) is 33.2 Å². The van der Waals surface area contributed by atoms with Crippen molar-refractivity contribution in [1.82, 2.24) is 9.80 Å². The maximum atomic E-state index is 14.8. The van der Waals surface area contributed by atoms with Crippen molar-refractivity contribution in [3.05, 3.63) is 75.5 Å². The van der Waals surface area contributed by atoms with E-state index >= 15 is 0 Å². The summed E-state index contributed by atoms with van der Waals surface area (Å²) < 4.78 is 41.0. The highest BCUT2D eigenvalue weighted by molar-refractivity contribution is 5.93. The smallest absolute Gasteiger partial charge is 0.411 e. The third kappa shape index (κ3) is 5.71. The van der Waals surface area contributed by atoms with Crippen LogP contribution in [0.25, 0.3) is 6.08 Å². The predicted molar refractivity (Wildman–Crippen MR) is 180 cm³/mol. The number of rotatable bonds is 10. The second-order valence-electron chi connectivity index (χ2n) is 11.9. The summed E-state index contributed by atoms with van der Waals surface area (Å²) >= 11 is 0. The summed E-state index contributed by atoms with van der Waals surface area (Å²) in [6.45, 7) is 7.55. The Labute approximate surface area is 281 Å². The first-order valence-electron chi connectivity index (χ1n) is 15.7. The fourth-order valence-corrected chi connectivity index (χ4v) is 6.97. The van der Waals surface area contributed by atoms with E-state index in [9.17, 15) is 9.59 Å². The van der Waals surface area contributed by atoms with E-state index < -0.39 is 24.3 Å². The van der Waals surface area contributed by atoms with Gasteiger partial charge in [0.1, 0.15) is 23.6 Å². The molecule has 2 unspecified atom stereocenters. The van der Waals surface area contributed by atoms with E-state index in [1.165, 1.54) is 4.90 Å². The zero-order chi connectivity index (χ0) is 34.9. The van der Waals surface area contributed by atoms with E-state index in [1.54, 1.807) is 67.5 Å². The fraction of sp³-hybridized carbons (Fsp3) is 0.405. The number of hydrogen-bond acceptors (Lipinski definition) is 9. The van der Waals surface area contributed by atoms with E-state index in [-0.39, 0.29) is 18.9 Å². The third-order valence-electron chi connectivity index (χ3n) is 8.89. The minimum absolute atomic E-state index is 0.180. The summed E-state index contributed by atoms with van der Waals surface area (Å²) in [5, 5.41) is 0. The van der Waals surface area contributed by atoms with Crippen LogP contribution in [0.4, 0.5) is 4.79 Å². The SMILES string of the molecule is COc1cc(/C=C2/C3c4c(c(OC)c(C)c(OC)c4OC)CC(C(=O)N2Cc2ccccc2)N3C(=O)OC(C)C)c(OC)c(C)c1OC. The maximum absolute atomic E-state index is 14.8. The van der Waals surface area contributed by atoms with Crippen LogP contribution in [0.1, 0.15) is 53.3 Å². The Morgan fingerprint density at radius 2 is 1.44 bits per heavy atom. The summed E-state index contributed by atoms with van der Waals surface area (Å²) in [5.41, 5.74) is 4.85. The number of nitrogens with zero attached hydrogens (tertiary/aromatic N) is 2. The highest BCUT2D eigenvalue weighted by Crippen LogP contribution is 2.55. The number of carbonyl (C=O) groups is 2. The monoisotopic (exact) mass is 660 g/mol. The Bertz CT molecular complexity index is 1740. The van der Waals surface area contributed by atoms with Crippen molar-refractivity contribution in [1.29, 1.82) is 0 Å². The minimum Gasteiger partial charge on any atom is -0.496 e. The molecule has 1 saturated heterocycles. The lowest BCUT2D eigenvalue weighted by Gasteiger charge is -2.51. The topological polar surface area (TPSA) is 105 Å². The third-order valence-corrected chi connectivity index (χ3v) is 8.89. The Balaban J connectivity index is 1.92. The summed E-state index contributed by atoms with van der Waals surface area (Å²) in [4.78, 5) is 32.2. The molecule has 2 aliphatic rings. The molecule has 5 rings (SSSR count). The zero-order valence-corrected chi connectivity index (χ0v) is 29.3. The molecule has 2 amide bonds. The molecule has 3 aromatic rings. The average Bonchev–Trinajstić information content (AvgIpc) is 3.07. The molecule has 0 saturated carbocycles. The molecular weight excluding hydrogens is 616 g/mol. The standard InChI is InChI=1S/C37H44N2O9/c1-20(2)48-37(41)39-27-18-25-29(35(47-10)34(46-9)22(4)32(25)44-7)30(39)26(38(36(27)40)19-23-14-12-11-13-15-23)16-24-17-28(42-5)33(45-8)21(3)31(24)43-6/h11-17,20,27,30H,18-19H2,1-10H3/b26-16-. The molecule has 2 heterocycles. The number of methoxy groups -OCH3 is 6. The number of amides is 2. The minimum atomic E-state index is -0.893. The van der Waals surface area contributed by atoms with Crippen molar-refractivity contribution in [3.63, 3.8) is 0 Å². The average molecular weight is 661 g/mol. The van der Waals surface area contributed by atoms with Gasteiger partial charge in [0.15, 0.2) is 23.0 Å². The Morgan fingerprint density at radius 1 is 0.833 bits per heavy atom. The highest BCUT2D eigenvalue weighted by atomic mass is 16.6. The van der Waals surface area contributed by atoms with Crippen LogP contribution in [0.2, 0.25) is 0 Å². The maximum Gasteiger partial charge on any atom is 0.411 e. The fourth-order valence-electron chi connectivity index (χ4n) is 6.97. The van der Waals surface area contributed by atoms with Gasteiger partial charge in [-0.3, -0.25) is 9.69 Å². The van der Waals surface area contributed by atoms with Gasteiger partial charge in [-0.05, 0) is 45.4 Å². The number of hydrogen-bond donors (Lipinski definition) is 0. The molecule has 256 valence electrons. The Morgan fingerprint density at radius 3 is 2.00 bits per heavy atom. The molecular formula is C37H44N2O9. The predicted octanol–water partition coefficient (Wildman–Crippen LogP) is 6.25. The molecule has 11 nitrogen and oxygen atoms in total. The van der Waals surface area contributed by atoms with E-state index in [1.807, 2.05) is 50.3 Å². The van der Waals surface area contributed by atoms with Crippen LogP contribution in [0.15, 0.2) is 42.1 Å². The summed E-state index contributed by atoms with van der Waals surface area (Å²) in [6.07, 6.45) is 0.985. The number of ether oxygens (including phenoxy) is 7. The van der Waals surface area contributed by atoms with Gasteiger partial charge in [-0.25, -0.2) is 4.79 Å². The molecule has 1 fully saturated rings. The number of fused-ring (bicyclic) bond motifs is 4. The molecule has 0 radical (unpaired) electrons. The molecule has 2 bridgehead atoms. The first-order chi connectivity index (χ1) is 23.1. The van der Waals surface area contributed by atoms with Crippen LogP contribution in [0, 0.1) is 13.8 Å². The van der Waals surface area contributed by atoms with Crippen molar-refractivity contribution < 1.29 is 42.7 Å². The number of piperazine rings is 1. The van der Waals surface area contributed by atoms with Gasteiger partial charge in [0.25, 0.3) is 0 Å². The zero-order valence-electron chi connectivity index (χ0n) is 29.3. The highest BCUT2D eigenvalue weighted by Gasteiger charge is 2.54. The molecule has 2 atom stereocenters. The molecule has 2 aliphatic heterocycles. The quantitative estimate of drug-likeness (QED) is 0.250. The molecule has 11 heteroatoms. The molecule has 48 heavy (non-hydrogen) atoms. The number of carbonyl (C=O) groups excluding carboxylic acids is 2. The van der Waals surface area contributed by atoms with Crippen molar-refractivity contribution >= 4 is 18.1 Å². The van der Waals surface area contributed by atoms with Crippen LogP contribution in [-0.4, -0.2) is 76.6 Å². The first-order valence-corrected chi connectivity index (χ1v) is 15.7. The molecule has 0 aliphatic carbocycles. The lowest BCUT2D eigenvalue weighted by atomic mass is 9.80. The summed E-state index contributed by atoms with van der Waals surface area (Å²) in [7, 11) is 9.41. The lowest BCUT2D eigenvalue weighted by Crippen LogP contribution is -2.61. The number of benzene rings is 3. The summed E-state index contributed by atoms with van der Waals surface area (Å²) in [5.74, 6) is 2.73. The van der Waals surface area contributed by atoms with Crippen molar-refractivity contribution in [2.24, 2.45) is 0 Å². The van der Waals surface area contributed by atoms with Crippen LogP contribution < -0.4 is 28.4 Å². The van der Waals surface area contributed by atoms with Crippen LogP contribution in [0.3, 0.4) is 0 Å². The summed E-state index contributed by atoms with van der Waals surface area (Å²) in [6, 6.07) is 9.75. The first kappa shape index (κ1) is 34.3. The molecule has 0 spiro atoms. The molecule has 3 aromatic carbocycles. The van der Waals surface area contributed by atoms with Crippen LogP contribution in [0.5, 0.6) is 34.5 Å². The second-order valence-corrected chi connectivity index (χ2v) is 11.9. The van der Waals surface area contributed by atoms with Crippen LogP contribution in [-0.2, 0) is 22.5 Å². The van der Waals surface area contributed by atoms with Crippen molar-refractivity contribution in [2.45, 2.75) is 58.8 Å². The lowest BCUT2D eigenvalue weighted by molar-refractivity contribution is -0.141. The Hall–Kier alpha value is -5.06. The largest absolute Gasteiger partial charge is 0.496 e. The Kier molecular flexibility index (Phi) is 9.98. The normalized spacial score (nSPS) is 17.6. The van der Waals surface area contributed by atoms with Gasteiger partial charge in [-0.2, -0.15) is 0 Å². The van der Waals surface area contributed by atoms with Crippen molar-refractivity contribution in [3.8, 4) is 34.5 Å². The van der Waals surface area contributed by atoms with Gasteiger partial charge in [0.2, 0.25) is 5.91 Å². The van der Waals surface area contributed by atoms with Gasteiger partial charge in [-0.1, -0.05) is 30.3 Å². The van der Waals surface area contributed by atoms with Crippen LogP contribution >= 0.6 is 0 Å². The molecule has 0 N–H and O–H groups in total. The van der Waals surface area contributed by atoms with E-state index in [0.29, 0.717) is 56.9 Å².